The van der Waals surface area contributed by atoms with Crippen molar-refractivity contribution < 1.29 is 9.53 Å². The molecule has 3 rings (SSSR count). The Bertz CT molecular complexity index is 702. The van der Waals surface area contributed by atoms with Crippen LogP contribution in [0.3, 0.4) is 0 Å². The maximum atomic E-state index is 12.1. The summed E-state index contributed by atoms with van der Waals surface area (Å²) in [5.41, 5.74) is 1.38. The van der Waals surface area contributed by atoms with Gasteiger partial charge in [0.15, 0.2) is 5.69 Å². The van der Waals surface area contributed by atoms with E-state index in [0.29, 0.717) is 36.0 Å². The molecule has 2 heterocycles. The number of halogens is 1. The number of amides is 1. The van der Waals surface area contributed by atoms with Crippen molar-refractivity contribution in [2.75, 3.05) is 25.0 Å². The molecule has 25 heavy (non-hydrogen) atoms. The zero-order valence-electron chi connectivity index (χ0n) is 13.9. The molecular weight excluding hydrogens is 340 g/mol. The van der Waals surface area contributed by atoms with E-state index in [1.807, 2.05) is 24.3 Å². The molecule has 7 heteroatoms. The second-order valence-electron chi connectivity index (χ2n) is 5.96. The van der Waals surface area contributed by atoms with E-state index in [4.69, 9.17) is 16.3 Å². The number of benzene rings is 1. The summed E-state index contributed by atoms with van der Waals surface area (Å²) in [6.07, 6.45) is 3.11. The first-order valence-electron chi connectivity index (χ1n) is 8.42. The second kappa shape index (κ2) is 8.78. The van der Waals surface area contributed by atoms with Gasteiger partial charge >= 0.3 is 0 Å². The lowest BCUT2D eigenvalue weighted by Crippen LogP contribution is -2.27. The van der Waals surface area contributed by atoms with Crippen molar-refractivity contribution in [1.29, 1.82) is 0 Å². The Morgan fingerprint density at radius 1 is 1.28 bits per heavy atom. The zero-order valence-corrected chi connectivity index (χ0v) is 14.6. The van der Waals surface area contributed by atoms with Gasteiger partial charge in [-0.3, -0.25) is 4.79 Å². The van der Waals surface area contributed by atoms with Gasteiger partial charge in [0.1, 0.15) is 5.82 Å². The molecule has 0 bridgehead atoms. The van der Waals surface area contributed by atoms with Crippen molar-refractivity contribution in [3.05, 3.63) is 52.7 Å². The van der Waals surface area contributed by atoms with Crippen molar-refractivity contribution in [2.24, 2.45) is 0 Å². The van der Waals surface area contributed by atoms with Crippen LogP contribution in [0.5, 0.6) is 0 Å². The van der Waals surface area contributed by atoms with Crippen molar-refractivity contribution in [2.45, 2.75) is 25.4 Å². The molecule has 2 N–H and O–H groups in total. The maximum Gasteiger partial charge on any atom is 0.271 e. The number of rotatable bonds is 7. The SMILES string of the molecule is O=C(NCCc1cccc(Cl)c1)c1ccc(NCC2CCCO2)nn1. The van der Waals surface area contributed by atoms with Crippen LogP contribution >= 0.6 is 11.6 Å². The lowest BCUT2D eigenvalue weighted by atomic mass is 10.1. The Balaban J connectivity index is 1.43. The summed E-state index contributed by atoms with van der Waals surface area (Å²) in [6, 6.07) is 11.0. The molecule has 1 aromatic carbocycles. The van der Waals surface area contributed by atoms with Crippen LogP contribution in [-0.4, -0.2) is 41.9 Å². The average Bonchev–Trinajstić information content (AvgIpc) is 3.14. The number of carbonyl (C=O) groups excluding carboxylic acids is 1. The second-order valence-corrected chi connectivity index (χ2v) is 6.39. The molecule has 1 fully saturated rings. The quantitative estimate of drug-likeness (QED) is 0.794. The number of hydrogen-bond donors (Lipinski definition) is 2. The van der Waals surface area contributed by atoms with Crippen LogP contribution in [0, 0.1) is 0 Å². The van der Waals surface area contributed by atoms with Crippen LogP contribution in [0.1, 0.15) is 28.9 Å². The summed E-state index contributed by atoms with van der Waals surface area (Å²) in [5, 5.41) is 14.7. The molecule has 1 unspecified atom stereocenters. The monoisotopic (exact) mass is 360 g/mol. The molecule has 1 aliphatic rings. The van der Waals surface area contributed by atoms with Gasteiger partial charge in [-0.15, -0.1) is 10.2 Å². The Morgan fingerprint density at radius 2 is 2.20 bits per heavy atom. The van der Waals surface area contributed by atoms with Crippen LogP contribution in [-0.2, 0) is 11.2 Å². The van der Waals surface area contributed by atoms with Crippen LogP contribution in [0.25, 0.3) is 0 Å². The molecule has 2 aromatic rings. The van der Waals surface area contributed by atoms with Crippen molar-refractivity contribution in [3.8, 4) is 0 Å². The van der Waals surface area contributed by atoms with Gasteiger partial charge in [0.2, 0.25) is 0 Å². The highest BCUT2D eigenvalue weighted by atomic mass is 35.5. The van der Waals surface area contributed by atoms with Crippen LogP contribution < -0.4 is 10.6 Å². The van der Waals surface area contributed by atoms with E-state index in [9.17, 15) is 4.79 Å². The maximum absolute atomic E-state index is 12.1. The molecule has 0 radical (unpaired) electrons. The molecule has 1 amide bonds. The first kappa shape index (κ1) is 17.6. The first-order chi connectivity index (χ1) is 12.2. The first-order valence-corrected chi connectivity index (χ1v) is 8.80. The largest absolute Gasteiger partial charge is 0.376 e. The predicted octanol–water partition coefficient (Wildman–Crippen LogP) is 2.69. The minimum atomic E-state index is -0.236. The molecule has 6 nitrogen and oxygen atoms in total. The Hall–Kier alpha value is -2.18. The van der Waals surface area contributed by atoms with Gasteiger partial charge in [-0.1, -0.05) is 23.7 Å². The van der Waals surface area contributed by atoms with E-state index in [2.05, 4.69) is 20.8 Å². The molecule has 1 atom stereocenters. The molecule has 132 valence electrons. The van der Waals surface area contributed by atoms with Crippen molar-refractivity contribution in [3.63, 3.8) is 0 Å². The predicted molar refractivity (Wildman–Crippen MR) is 97.0 cm³/mol. The highest BCUT2D eigenvalue weighted by Gasteiger charge is 2.15. The Morgan fingerprint density at radius 3 is 2.92 bits per heavy atom. The van der Waals surface area contributed by atoms with Gasteiger partial charge in [0.05, 0.1) is 6.10 Å². The van der Waals surface area contributed by atoms with E-state index < -0.39 is 0 Å². The van der Waals surface area contributed by atoms with Gasteiger partial charge in [-0.25, -0.2) is 0 Å². The smallest absolute Gasteiger partial charge is 0.271 e. The third kappa shape index (κ3) is 5.41. The number of nitrogens with one attached hydrogen (secondary N) is 2. The average molecular weight is 361 g/mol. The minimum absolute atomic E-state index is 0.233. The fraction of sp³-hybridized carbons (Fsp3) is 0.389. The number of carbonyl (C=O) groups is 1. The van der Waals surface area contributed by atoms with Gasteiger partial charge in [-0.2, -0.15) is 0 Å². The summed E-state index contributed by atoms with van der Waals surface area (Å²) < 4.78 is 5.54. The Kier molecular flexibility index (Phi) is 6.19. The number of nitrogens with zero attached hydrogens (tertiary/aromatic N) is 2. The molecule has 0 saturated carbocycles. The lowest BCUT2D eigenvalue weighted by molar-refractivity contribution is 0.0948. The summed E-state index contributed by atoms with van der Waals surface area (Å²) >= 11 is 5.94. The fourth-order valence-electron chi connectivity index (χ4n) is 2.67. The van der Waals surface area contributed by atoms with E-state index in [1.165, 1.54) is 0 Å². The molecule has 0 aliphatic carbocycles. The zero-order chi connectivity index (χ0) is 17.5. The number of ether oxygens (including phenoxy) is 1. The number of hydrogen-bond acceptors (Lipinski definition) is 5. The number of anilines is 1. The third-order valence-electron chi connectivity index (χ3n) is 4.02. The highest BCUT2D eigenvalue weighted by Crippen LogP contribution is 2.13. The summed E-state index contributed by atoms with van der Waals surface area (Å²) in [6.45, 7) is 2.05. The molecule has 0 spiro atoms. The normalized spacial score (nSPS) is 16.6. The van der Waals surface area contributed by atoms with Gasteiger partial charge in [-0.05, 0) is 49.1 Å². The summed E-state index contributed by atoms with van der Waals surface area (Å²) in [4.78, 5) is 12.1. The standard InChI is InChI=1S/C18H21ClN4O2/c19-14-4-1-3-13(11-14)8-9-20-18(24)16-6-7-17(23-22-16)21-12-15-5-2-10-25-15/h1,3-4,6-7,11,15H,2,5,8-10,12H2,(H,20,24)(H,21,23). The van der Waals surface area contributed by atoms with Gasteiger partial charge in [0, 0.05) is 24.7 Å². The molecule has 1 saturated heterocycles. The van der Waals surface area contributed by atoms with Gasteiger partial charge < -0.3 is 15.4 Å². The molecule has 1 aromatic heterocycles. The summed E-state index contributed by atoms with van der Waals surface area (Å²) in [7, 11) is 0. The van der Waals surface area contributed by atoms with Crippen LogP contribution in [0.15, 0.2) is 36.4 Å². The van der Waals surface area contributed by atoms with Gasteiger partial charge in [0.25, 0.3) is 5.91 Å². The minimum Gasteiger partial charge on any atom is -0.376 e. The highest BCUT2D eigenvalue weighted by molar-refractivity contribution is 6.30. The summed E-state index contributed by atoms with van der Waals surface area (Å²) in [5.74, 6) is 0.409. The molecular formula is C18H21ClN4O2. The van der Waals surface area contributed by atoms with E-state index in [0.717, 1.165) is 25.0 Å². The lowest BCUT2D eigenvalue weighted by Gasteiger charge is -2.11. The van der Waals surface area contributed by atoms with Crippen molar-refractivity contribution >= 4 is 23.3 Å². The van der Waals surface area contributed by atoms with E-state index in [1.54, 1.807) is 12.1 Å². The van der Waals surface area contributed by atoms with E-state index >= 15 is 0 Å². The number of aromatic nitrogens is 2. The van der Waals surface area contributed by atoms with Crippen LogP contribution in [0.2, 0.25) is 5.02 Å². The molecule has 1 aliphatic heterocycles. The topological polar surface area (TPSA) is 76.1 Å². The van der Waals surface area contributed by atoms with Crippen molar-refractivity contribution in [1.82, 2.24) is 15.5 Å². The van der Waals surface area contributed by atoms with E-state index in [-0.39, 0.29) is 12.0 Å². The Labute approximate surface area is 151 Å². The van der Waals surface area contributed by atoms with Crippen LogP contribution in [0.4, 0.5) is 5.82 Å². The third-order valence-corrected chi connectivity index (χ3v) is 4.26. The fourth-order valence-corrected chi connectivity index (χ4v) is 2.89.